The van der Waals surface area contributed by atoms with Crippen LogP contribution in [0, 0.1) is 17.1 Å². The highest BCUT2D eigenvalue weighted by molar-refractivity contribution is 7.22. The minimum absolute atomic E-state index is 0.0107. The van der Waals surface area contributed by atoms with Crippen molar-refractivity contribution in [3.63, 3.8) is 0 Å². The zero-order valence-electron chi connectivity index (χ0n) is 16.1. The van der Waals surface area contributed by atoms with Gasteiger partial charge in [0.25, 0.3) is 5.56 Å². The van der Waals surface area contributed by atoms with Crippen LogP contribution in [0.5, 0.6) is 5.75 Å². The lowest BCUT2D eigenvalue weighted by Gasteiger charge is -2.06. The molecular weight excluding hydrogens is 475 g/mol. The monoisotopic (exact) mass is 484 g/mol. The second-order valence-electron chi connectivity index (χ2n) is 6.69. The summed E-state index contributed by atoms with van der Waals surface area (Å²) in [5.41, 5.74) is -0.0842. The summed E-state index contributed by atoms with van der Waals surface area (Å²) in [4.78, 5) is 34.0. The number of ether oxygens (including phenoxy) is 1. The van der Waals surface area contributed by atoms with E-state index in [1.54, 1.807) is 18.3 Å². The van der Waals surface area contributed by atoms with Crippen LogP contribution in [0.25, 0.3) is 36.4 Å². The highest BCUT2D eigenvalue weighted by Gasteiger charge is 2.19. The standard InChI is InChI=1S/C21H10ClFN4O3S2/c1-30-16-3-11(12(22)4-13(16)23)17-5-14-19(32-17)20(28)27(21(29)26-14)15-8-25-7-9-2-10(6-24)31-18(9)15/h2-5,7-8H,1H3,(H,26,29). The number of pyridine rings is 1. The number of fused-ring (bicyclic) bond motifs is 2. The molecular formula is C21H10ClFN4O3S2. The summed E-state index contributed by atoms with van der Waals surface area (Å²) in [5.74, 6) is -0.595. The average Bonchev–Trinajstić information content (AvgIpc) is 3.38. The van der Waals surface area contributed by atoms with Gasteiger partial charge in [0.05, 0.1) is 34.2 Å². The molecule has 0 spiro atoms. The van der Waals surface area contributed by atoms with Crippen LogP contribution in [0.4, 0.5) is 4.39 Å². The van der Waals surface area contributed by atoms with Gasteiger partial charge in [-0.3, -0.25) is 9.78 Å². The number of rotatable bonds is 3. The number of benzene rings is 1. The number of thiophene rings is 2. The van der Waals surface area contributed by atoms with Gasteiger partial charge in [-0.2, -0.15) is 5.26 Å². The first-order valence-electron chi connectivity index (χ1n) is 9.01. The molecule has 0 saturated carbocycles. The minimum Gasteiger partial charge on any atom is -0.494 e. The lowest BCUT2D eigenvalue weighted by molar-refractivity contribution is 0.387. The third-order valence-electron chi connectivity index (χ3n) is 4.84. The molecule has 0 aliphatic heterocycles. The molecule has 0 aliphatic rings. The van der Waals surface area contributed by atoms with Gasteiger partial charge in [-0.15, -0.1) is 22.7 Å². The third kappa shape index (κ3) is 3.10. The molecule has 0 radical (unpaired) electrons. The highest BCUT2D eigenvalue weighted by Crippen LogP contribution is 2.38. The van der Waals surface area contributed by atoms with Gasteiger partial charge in [0.2, 0.25) is 0 Å². The van der Waals surface area contributed by atoms with Crippen LogP contribution in [-0.4, -0.2) is 21.6 Å². The van der Waals surface area contributed by atoms with Crippen molar-refractivity contribution in [2.45, 2.75) is 0 Å². The summed E-state index contributed by atoms with van der Waals surface area (Å²) in [6.45, 7) is 0. The van der Waals surface area contributed by atoms with E-state index >= 15 is 0 Å². The molecule has 4 heterocycles. The number of halogens is 2. The topological polar surface area (TPSA) is 101 Å². The summed E-state index contributed by atoms with van der Waals surface area (Å²) in [6, 6.07) is 7.91. The average molecular weight is 485 g/mol. The summed E-state index contributed by atoms with van der Waals surface area (Å²) in [7, 11) is 1.34. The largest absolute Gasteiger partial charge is 0.494 e. The van der Waals surface area contributed by atoms with E-state index < -0.39 is 17.1 Å². The van der Waals surface area contributed by atoms with Gasteiger partial charge >= 0.3 is 5.69 Å². The van der Waals surface area contributed by atoms with E-state index in [1.165, 1.54) is 30.7 Å². The molecule has 0 atom stereocenters. The number of methoxy groups -OCH3 is 1. The van der Waals surface area contributed by atoms with Crippen molar-refractivity contribution in [1.29, 1.82) is 5.26 Å². The molecule has 7 nitrogen and oxygen atoms in total. The van der Waals surface area contributed by atoms with E-state index in [0.717, 1.165) is 22.0 Å². The molecule has 0 unspecified atom stereocenters. The molecule has 32 heavy (non-hydrogen) atoms. The van der Waals surface area contributed by atoms with Gasteiger partial charge in [-0.1, -0.05) is 11.6 Å². The van der Waals surface area contributed by atoms with Crippen molar-refractivity contribution in [3.8, 4) is 27.9 Å². The zero-order chi connectivity index (χ0) is 22.6. The number of nitrogens with one attached hydrogen (secondary N) is 1. The smallest absolute Gasteiger partial charge is 0.333 e. The fourth-order valence-corrected chi connectivity index (χ4v) is 5.71. The minimum atomic E-state index is -0.643. The predicted octanol–water partition coefficient (Wildman–Crippen LogP) is 4.69. The summed E-state index contributed by atoms with van der Waals surface area (Å²) in [6.07, 6.45) is 2.99. The van der Waals surface area contributed by atoms with Crippen molar-refractivity contribution >= 4 is 54.6 Å². The Kier molecular flexibility index (Phi) is 4.82. The fourth-order valence-electron chi connectivity index (χ4n) is 3.40. The summed E-state index contributed by atoms with van der Waals surface area (Å²) in [5, 5.41) is 10.0. The van der Waals surface area contributed by atoms with Gasteiger partial charge in [-0.25, -0.2) is 13.8 Å². The molecule has 11 heteroatoms. The number of aromatic nitrogens is 3. The van der Waals surface area contributed by atoms with E-state index in [9.17, 15) is 19.2 Å². The number of nitriles is 1. The first kappa shape index (κ1) is 20.4. The van der Waals surface area contributed by atoms with Crippen LogP contribution in [0.1, 0.15) is 4.88 Å². The van der Waals surface area contributed by atoms with Crippen molar-refractivity contribution in [1.82, 2.24) is 14.5 Å². The van der Waals surface area contributed by atoms with Crippen LogP contribution in [0.2, 0.25) is 5.02 Å². The first-order valence-corrected chi connectivity index (χ1v) is 11.0. The maximum atomic E-state index is 13.9. The first-order chi connectivity index (χ1) is 15.4. The normalized spacial score (nSPS) is 11.2. The highest BCUT2D eigenvalue weighted by atomic mass is 35.5. The Labute approximate surface area is 191 Å². The lowest BCUT2D eigenvalue weighted by atomic mass is 10.1. The predicted molar refractivity (Wildman–Crippen MR) is 123 cm³/mol. The van der Waals surface area contributed by atoms with Gasteiger partial charge in [0.1, 0.15) is 15.6 Å². The quantitative estimate of drug-likeness (QED) is 0.400. The van der Waals surface area contributed by atoms with Crippen molar-refractivity contribution < 1.29 is 9.13 Å². The summed E-state index contributed by atoms with van der Waals surface area (Å²) < 4.78 is 20.8. The summed E-state index contributed by atoms with van der Waals surface area (Å²) >= 11 is 8.51. The molecule has 1 N–H and O–H groups in total. The number of hydrogen-bond acceptors (Lipinski definition) is 7. The van der Waals surface area contributed by atoms with Crippen LogP contribution in [0.15, 0.2) is 46.2 Å². The Balaban J connectivity index is 1.76. The van der Waals surface area contributed by atoms with E-state index in [2.05, 4.69) is 16.0 Å². The van der Waals surface area contributed by atoms with Gasteiger partial charge in [0.15, 0.2) is 11.6 Å². The van der Waals surface area contributed by atoms with Crippen molar-refractivity contribution in [3.05, 3.63) is 73.2 Å². The molecule has 158 valence electrons. The number of H-pyrrole nitrogens is 1. The molecule has 0 aliphatic carbocycles. The van der Waals surface area contributed by atoms with E-state index in [4.69, 9.17) is 16.3 Å². The molecule has 5 aromatic rings. The second-order valence-corrected chi connectivity index (χ2v) is 9.20. The molecule has 0 fully saturated rings. The van der Waals surface area contributed by atoms with E-state index in [1.807, 2.05) is 0 Å². The Morgan fingerprint density at radius 3 is 2.75 bits per heavy atom. The Bertz CT molecular complexity index is 1710. The number of hydrogen-bond donors (Lipinski definition) is 1. The van der Waals surface area contributed by atoms with E-state index in [0.29, 0.717) is 36.6 Å². The lowest BCUT2D eigenvalue weighted by Crippen LogP contribution is -2.33. The van der Waals surface area contributed by atoms with Gasteiger partial charge < -0.3 is 9.72 Å². The molecule has 1 aromatic carbocycles. The molecule has 0 saturated heterocycles. The van der Waals surface area contributed by atoms with Crippen molar-refractivity contribution in [2.24, 2.45) is 0 Å². The Hall–Kier alpha value is -3.52. The van der Waals surface area contributed by atoms with E-state index in [-0.39, 0.29) is 15.5 Å². The molecule has 5 rings (SSSR count). The van der Waals surface area contributed by atoms with Crippen molar-refractivity contribution in [2.75, 3.05) is 7.11 Å². The molecule has 0 amide bonds. The molecule has 4 aromatic heterocycles. The zero-order valence-corrected chi connectivity index (χ0v) is 18.5. The fraction of sp³-hybridized carbons (Fsp3) is 0.0476. The third-order valence-corrected chi connectivity index (χ3v) is 7.38. The van der Waals surface area contributed by atoms with Crippen LogP contribution in [0.3, 0.4) is 0 Å². The number of aromatic amines is 1. The van der Waals surface area contributed by atoms with Crippen LogP contribution >= 0.6 is 34.3 Å². The van der Waals surface area contributed by atoms with Crippen LogP contribution in [-0.2, 0) is 0 Å². The molecule has 0 bridgehead atoms. The maximum absolute atomic E-state index is 13.9. The number of nitrogens with zero attached hydrogens (tertiary/aromatic N) is 3. The van der Waals surface area contributed by atoms with Gasteiger partial charge in [-0.05, 0) is 24.3 Å². The SMILES string of the molecule is COc1cc(-c2cc3[nH]c(=O)n(-c4cncc5cc(C#N)sc45)c(=O)c3s2)c(Cl)cc1F. The van der Waals surface area contributed by atoms with Crippen LogP contribution < -0.4 is 16.0 Å². The Morgan fingerprint density at radius 1 is 1.19 bits per heavy atom. The second kappa shape index (κ2) is 7.56. The Morgan fingerprint density at radius 2 is 2.00 bits per heavy atom. The van der Waals surface area contributed by atoms with Gasteiger partial charge in [0, 0.05) is 22.0 Å². The maximum Gasteiger partial charge on any atom is 0.333 e.